The van der Waals surface area contributed by atoms with Crippen molar-refractivity contribution in [1.82, 2.24) is 15.4 Å². The Morgan fingerprint density at radius 1 is 1.29 bits per heavy atom. The van der Waals surface area contributed by atoms with E-state index in [1.165, 1.54) is 11.1 Å². The van der Waals surface area contributed by atoms with E-state index in [1.54, 1.807) is 18.0 Å². The SMILES string of the molecule is Cc1ccc(CSc2cn[nH]n2)cc1. The summed E-state index contributed by atoms with van der Waals surface area (Å²) >= 11 is 1.68. The van der Waals surface area contributed by atoms with Crippen molar-refractivity contribution in [2.24, 2.45) is 0 Å². The van der Waals surface area contributed by atoms with Gasteiger partial charge in [0.05, 0.1) is 6.20 Å². The highest BCUT2D eigenvalue weighted by atomic mass is 32.2. The minimum absolute atomic E-state index is 0.936. The number of aryl methyl sites for hydroxylation is 1. The Kier molecular flexibility index (Phi) is 2.84. The van der Waals surface area contributed by atoms with E-state index < -0.39 is 0 Å². The van der Waals surface area contributed by atoms with Crippen molar-refractivity contribution < 1.29 is 0 Å². The Labute approximate surface area is 86.9 Å². The quantitative estimate of drug-likeness (QED) is 0.782. The number of rotatable bonds is 3. The molecule has 0 fully saturated rings. The molecule has 0 aliphatic heterocycles. The predicted octanol–water partition coefficient (Wildman–Crippen LogP) is 2.41. The van der Waals surface area contributed by atoms with Crippen LogP contribution < -0.4 is 0 Å². The smallest absolute Gasteiger partial charge is 0.139 e. The minimum atomic E-state index is 0.936. The standard InChI is InChI=1S/C10H11N3S/c1-8-2-4-9(5-3-8)7-14-10-6-11-13-12-10/h2-6H,7H2,1H3,(H,11,12,13). The van der Waals surface area contributed by atoms with Crippen molar-refractivity contribution in [3.8, 4) is 0 Å². The number of aromatic amines is 1. The lowest BCUT2D eigenvalue weighted by atomic mass is 10.2. The molecule has 4 heteroatoms. The second kappa shape index (κ2) is 4.28. The third kappa shape index (κ3) is 2.35. The largest absolute Gasteiger partial charge is 0.197 e. The first kappa shape index (κ1) is 9.27. The summed E-state index contributed by atoms with van der Waals surface area (Å²) < 4.78 is 0. The minimum Gasteiger partial charge on any atom is -0.197 e. The number of benzene rings is 1. The van der Waals surface area contributed by atoms with Gasteiger partial charge in [-0.2, -0.15) is 10.3 Å². The van der Waals surface area contributed by atoms with Gasteiger partial charge in [0.1, 0.15) is 5.03 Å². The summed E-state index contributed by atoms with van der Waals surface area (Å²) in [6.45, 7) is 2.09. The number of hydrogen-bond acceptors (Lipinski definition) is 3. The molecule has 14 heavy (non-hydrogen) atoms. The summed E-state index contributed by atoms with van der Waals surface area (Å²) in [5.74, 6) is 0.937. The van der Waals surface area contributed by atoms with Gasteiger partial charge < -0.3 is 0 Å². The van der Waals surface area contributed by atoms with Crippen LogP contribution in [0, 0.1) is 6.92 Å². The molecule has 1 aromatic carbocycles. The molecular formula is C10H11N3S. The van der Waals surface area contributed by atoms with Crippen LogP contribution >= 0.6 is 11.8 Å². The van der Waals surface area contributed by atoms with Crippen molar-refractivity contribution in [2.75, 3.05) is 0 Å². The van der Waals surface area contributed by atoms with Gasteiger partial charge in [-0.25, -0.2) is 0 Å². The first-order chi connectivity index (χ1) is 6.84. The maximum atomic E-state index is 3.98. The summed E-state index contributed by atoms with van der Waals surface area (Å²) in [5.41, 5.74) is 2.60. The van der Waals surface area contributed by atoms with E-state index in [-0.39, 0.29) is 0 Å². The van der Waals surface area contributed by atoms with E-state index in [0.717, 1.165) is 10.8 Å². The zero-order valence-electron chi connectivity index (χ0n) is 7.90. The Morgan fingerprint density at radius 3 is 2.71 bits per heavy atom. The molecule has 2 rings (SSSR count). The van der Waals surface area contributed by atoms with Gasteiger partial charge in [0.25, 0.3) is 0 Å². The lowest BCUT2D eigenvalue weighted by Gasteiger charge is -1.98. The zero-order chi connectivity index (χ0) is 9.80. The second-order valence-electron chi connectivity index (χ2n) is 3.08. The number of aromatic nitrogens is 3. The molecular weight excluding hydrogens is 194 g/mol. The van der Waals surface area contributed by atoms with Crippen LogP contribution in [0.4, 0.5) is 0 Å². The van der Waals surface area contributed by atoms with Crippen LogP contribution in [0.25, 0.3) is 0 Å². The highest BCUT2D eigenvalue weighted by Crippen LogP contribution is 2.19. The first-order valence-corrected chi connectivity index (χ1v) is 5.37. The van der Waals surface area contributed by atoms with Crippen LogP contribution in [-0.4, -0.2) is 15.4 Å². The summed E-state index contributed by atoms with van der Waals surface area (Å²) in [4.78, 5) is 0. The van der Waals surface area contributed by atoms with Crippen LogP contribution in [0.3, 0.4) is 0 Å². The monoisotopic (exact) mass is 205 g/mol. The molecule has 0 saturated carbocycles. The van der Waals surface area contributed by atoms with Crippen molar-refractivity contribution in [1.29, 1.82) is 0 Å². The maximum absolute atomic E-state index is 3.98. The average Bonchev–Trinajstić information content (AvgIpc) is 2.70. The molecule has 0 saturated heterocycles. The number of nitrogens with one attached hydrogen (secondary N) is 1. The van der Waals surface area contributed by atoms with Gasteiger partial charge in [0.2, 0.25) is 0 Å². The fraction of sp³-hybridized carbons (Fsp3) is 0.200. The van der Waals surface area contributed by atoms with Gasteiger partial charge in [-0.1, -0.05) is 41.6 Å². The van der Waals surface area contributed by atoms with Gasteiger partial charge >= 0.3 is 0 Å². The second-order valence-corrected chi connectivity index (χ2v) is 4.08. The molecule has 2 aromatic rings. The molecule has 0 atom stereocenters. The molecule has 0 radical (unpaired) electrons. The number of thioether (sulfide) groups is 1. The van der Waals surface area contributed by atoms with Crippen LogP contribution in [0.2, 0.25) is 0 Å². The fourth-order valence-electron chi connectivity index (χ4n) is 1.10. The van der Waals surface area contributed by atoms with E-state index in [0.29, 0.717) is 0 Å². The van der Waals surface area contributed by atoms with Crippen LogP contribution in [0.15, 0.2) is 35.5 Å². The Bertz CT molecular complexity index is 380. The molecule has 0 unspecified atom stereocenters. The van der Waals surface area contributed by atoms with Crippen molar-refractivity contribution >= 4 is 11.8 Å². The van der Waals surface area contributed by atoms with Gasteiger partial charge in [0, 0.05) is 5.75 Å². The molecule has 0 amide bonds. The van der Waals surface area contributed by atoms with Crippen LogP contribution in [0.5, 0.6) is 0 Å². The molecule has 1 N–H and O–H groups in total. The predicted molar refractivity (Wildman–Crippen MR) is 57.1 cm³/mol. The molecule has 72 valence electrons. The Hall–Kier alpha value is -1.29. The Morgan fingerprint density at radius 2 is 2.07 bits per heavy atom. The highest BCUT2D eigenvalue weighted by Gasteiger charge is 1.97. The average molecular weight is 205 g/mol. The van der Waals surface area contributed by atoms with Gasteiger partial charge in [-0.3, -0.25) is 0 Å². The third-order valence-corrected chi connectivity index (χ3v) is 2.87. The van der Waals surface area contributed by atoms with Gasteiger partial charge in [-0.05, 0) is 12.5 Å². The molecule has 1 heterocycles. The van der Waals surface area contributed by atoms with E-state index >= 15 is 0 Å². The molecule has 0 spiro atoms. The van der Waals surface area contributed by atoms with E-state index in [2.05, 4.69) is 46.6 Å². The molecule has 3 nitrogen and oxygen atoms in total. The lowest BCUT2D eigenvalue weighted by molar-refractivity contribution is 0.911. The van der Waals surface area contributed by atoms with Gasteiger partial charge in [0.15, 0.2) is 0 Å². The number of nitrogens with zero attached hydrogens (tertiary/aromatic N) is 2. The van der Waals surface area contributed by atoms with Crippen molar-refractivity contribution in [3.05, 3.63) is 41.6 Å². The van der Waals surface area contributed by atoms with Crippen LogP contribution in [-0.2, 0) is 5.75 Å². The van der Waals surface area contributed by atoms with Gasteiger partial charge in [-0.15, -0.1) is 5.10 Å². The molecule has 0 bridgehead atoms. The maximum Gasteiger partial charge on any atom is 0.139 e. The summed E-state index contributed by atoms with van der Waals surface area (Å²) in [6, 6.07) is 8.53. The first-order valence-electron chi connectivity index (χ1n) is 4.39. The lowest BCUT2D eigenvalue weighted by Crippen LogP contribution is -1.81. The number of hydrogen-bond donors (Lipinski definition) is 1. The van der Waals surface area contributed by atoms with Crippen LogP contribution in [0.1, 0.15) is 11.1 Å². The Balaban J connectivity index is 1.95. The van der Waals surface area contributed by atoms with Crippen molar-refractivity contribution in [2.45, 2.75) is 17.7 Å². The highest BCUT2D eigenvalue weighted by molar-refractivity contribution is 7.98. The van der Waals surface area contributed by atoms with E-state index in [9.17, 15) is 0 Å². The zero-order valence-corrected chi connectivity index (χ0v) is 8.71. The molecule has 0 aliphatic rings. The third-order valence-electron chi connectivity index (χ3n) is 1.90. The fourth-order valence-corrected chi connectivity index (χ4v) is 1.84. The van der Waals surface area contributed by atoms with E-state index in [1.807, 2.05) is 0 Å². The molecule has 0 aliphatic carbocycles. The van der Waals surface area contributed by atoms with E-state index in [4.69, 9.17) is 0 Å². The number of H-pyrrole nitrogens is 1. The molecule has 1 aromatic heterocycles. The summed E-state index contributed by atoms with van der Waals surface area (Å²) in [6.07, 6.45) is 1.73. The topological polar surface area (TPSA) is 41.6 Å². The summed E-state index contributed by atoms with van der Waals surface area (Å²) in [5, 5.41) is 11.3. The summed E-state index contributed by atoms with van der Waals surface area (Å²) in [7, 11) is 0. The van der Waals surface area contributed by atoms with Crippen molar-refractivity contribution in [3.63, 3.8) is 0 Å². The normalized spacial score (nSPS) is 10.4.